The lowest BCUT2D eigenvalue weighted by Crippen LogP contribution is -2.26. The van der Waals surface area contributed by atoms with E-state index in [2.05, 4.69) is 16.8 Å². The van der Waals surface area contributed by atoms with Gasteiger partial charge in [0.25, 0.3) is 0 Å². The Morgan fingerprint density at radius 3 is 2.94 bits per heavy atom. The van der Waals surface area contributed by atoms with Crippen molar-refractivity contribution in [3.63, 3.8) is 0 Å². The second-order valence-electron chi connectivity index (χ2n) is 3.51. The third-order valence-electron chi connectivity index (χ3n) is 2.35. The number of aliphatic hydroxyl groups excluding tert-OH is 1. The van der Waals surface area contributed by atoms with Crippen LogP contribution in [0.4, 0.5) is 0 Å². The monoisotopic (exact) mass is 239 g/mol. The molecule has 0 bridgehead atoms. The highest BCUT2D eigenvalue weighted by molar-refractivity contribution is 7.80. The van der Waals surface area contributed by atoms with Crippen molar-refractivity contribution in [1.29, 1.82) is 0 Å². The standard InChI is InChI=1S/C11H17N3OS/c1-2-14(5-6-15)8-9-3-4-13-10(7-9)11(12)16/h3-4,7,15H,2,5-6,8H2,1H3,(H2,12,16). The van der Waals surface area contributed by atoms with Crippen molar-refractivity contribution < 1.29 is 5.11 Å². The number of nitrogens with zero attached hydrogens (tertiary/aromatic N) is 2. The Hall–Kier alpha value is -1.04. The fraction of sp³-hybridized carbons (Fsp3) is 0.455. The minimum Gasteiger partial charge on any atom is -0.395 e. The maximum Gasteiger partial charge on any atom is 0.122 e. The van der Waals surface area contributed by atoms with Crippen LogP contribution in [0.1, 0.15) is 18.2 Å². The number of pyridine rings is 1. The zero-order chi connectivity index (χ0) is 12.0. The van der Waals surface area contributed by atoms with Gasteiger partial charge in [0.05, 0.1) is 12.3 Å². The molecule has 4 nitrogen and oxygen atoms in total. The first-order valence-electron chi connectivity index (χ1n) is 5.25. The predicted octanol–water partition coefficient (Wildman–Crippen LogP) is 0.530. The molecule has 1 aromatic rings. The van der Waals surface area contributed by atoms with Crippen molar-refractivity contribution in [1.82, 2.24) is 9.88 Å². The number of rotatable bonds is 6. The molecule has 0 radical (unpaired) electrons. The molecule has 0 aliphatic rings. The van der Waals surface area contributed by atoms with Gasteiger partial charge in [-0.2, -0.15) is 0 Å². The predicted molar refractivity (Wildman–Crippen MR) is 68.2 cm³/mol. The Labute approximate surface area is 101 Å². The molecule has 0 fully saturated rings. The van der Waals surface area contributed by atoms with Crippen molar-refractivity contribution in [3.8, 4) is 0 Å². The summed E-state index contributed by atoms with van der Waals surface area (Å²) in [6, 6.07) is 3.82. The molecule has 0 unspecified atom stereocenters. The van der Waals surface area contributed by atoms with Gasteiger partial charge in [0.2, 0.25) is 0 Å². The van der Waals surface area contributed by atoms with Crippen LogP contribution >= 0.6 is 12.2 Å². The van der Waals surface area contributed by atoms with E-state index in [1.165, 1.54) is 0 Å². The van der Waals surface area contributed by atoms with E-state index in [0.29, 0.717) is 17.2 Å². The van der Waals surface area contributed by atoms with E-state index >= 15 is 0 Å². The SMILES string of the molecule is CCN(CCO)Cc1ccnc(C(N)=S)c1. The number of aliphatic hydroxyl groups is 1. The van der Waals surface area contributed by atoms with E-state index in [1.54, 1.807) is 6.20 Å². The van der Waals surface area contributed by atoms with Crippen LogP contribution in [0.2, 0.25) is 0 Å². The lowest BCUT2D eigenvalue weighted by atomic mass is 10.2. The molecule has 0 atom stereocenters. The fourth-order valence-corrected chi connectivity index (χ4v) is 1.57. The molecule has 0 saturated carbocycles. The average Bonchev–Trinajstić information content (AvgIpc) is 2.29. The summed E-state index contributed by atoms with van der Waals surface area (Å²) in [5, 5.41) is 8.89. The Morgan fingerprint density at radius 2 is 2.38 bits per heavy atom. The highest BCUT2D eigenvalue weighted by Gasteiger charge is 2.05. The first-order chi connectivity index (χ1) is 7.67. The van der Waals surface area contributed by atoms with E-state index in [9.17, 15) is 0 Å². The summed E-state index contributed by atoms with van der Waals surface area (Å²) in [5.41, 5.74) is 7.27. The van der Waals surface area contributed by atoms with Crippen molar-refractivity contribution in [2.24, 2.45) is 5.73 Å². The first-order valence-corrected chi connectivity index (χ1v) is 5.66. The molecule has 0 amide bonds. The molecule has 16 heavy (non-hydrogen) atoms. The normalized spacial score (nSPS) is 10.7. The minimum atomic E-state index is 0.168. The largest absolute Gasteiger partial charge is 0.395 e. The van der Waals surface area contributed by atoms with Gasteiger partial charge in [-0.05, 0) is 24.2 Å². The molecule has 0 spiro atoms. The summed E-state index contributed by atoms with van der Waals surface area (Å²) < 4.78 is 0. The molecule has 0 aliphatic heterocycles. The second kappa shape index (κ2) is 6.52. The smallest absolute Gasteiger partial charge is 0.122 e. The number of hydrogen-bond acceptors (Lipinski definition) is 4. The van der Waals surface area contributed by atoms with E-state index in [4.69, 9.17) is 23.1 Å². The lowest BCUT2D eigenvalue weighted by Gasteiger charge is -2.19. The van der Waals surface area contributed by atoms with E-state index < -0.39 is 0 Å². The summed E-state index contributed by atoms with van der Waals surface area (Å²) in [6.45, 7) is 4.56. The molecule has 0 aliphatic carbocycles. The zero-order valence-electron chi connectivity index (χ0n) is 9.39. The Morgan fingerprint density at radius 1 is 1.62 bits per heavy atom. The highest BCUT2D eigenvalue weighted by atomic mass is 32.1. The van der Waals surface area contributed by atoms with Crippen molar-refractivity contribution in [2.45, 2.75) is 13.5 Å². The van der Waals surface area contributed by atoms with E-state index in [-0.39, 0.29) is 6.61 Å². The molecule has 3 N–H and O–H groups in total. The van der Waals surface area contributed by atoms with Crippen LogP contribution in [0.5, 0.6) is 0 Å². The third-order valence-corrected chi connectivity index (χ3v) is 2.56. The van der Waals surface area contributed by atoms with Gasteiger partial charge in [-0.3, -0.25) is 9.88 Å². The van der Waals surface area contributed by atoms with Crippen LogP contribution in [0, 0.1) is 0 Å². The van der Waals surface area contributed by atoms with Gasteiger partial charge in [-0.1, -0.05) is 19.1 Å². The van der Waals surface area contributed by atoms with Gasteiger partial charge in [0.1, 0.15) is 4.99 Å². The maximum absolute atomic E-state index is 8.89. The van der Waals surface area contributed by atoms with Gasteiger partial charge in [-0.25, -0.2) is 0 Å². The maximum atomic E-state index is 8.89. The van der Waals surface area contributed by atoms with Crippen LogP contribution in [-0.4, -0.2) is 39.7 Å². The third kappa shape index (κ3) is 3.84. The summed E-state index contributed by atoms with van der Waals surface area (Å²) in [4.78, 5) is 6.53. The van der Waals surface area contributed by atoms with Gasteiger partial charge in [-0.15, -0.1) is 0 Å². The first kappa shape index (κ1) is 13.0. The Kier molecular flexibility index (Phi) is 5.31. The van der Waals surface area contributed by atoms with Crippen LogP contribution in [0.15, 0.2) is 18.3 Å². The van der Waals surface area contributed by atoms with Crippen molar-refractivity contribution >= 4 is 17.2 Å². The molecule has 1 rings (SSSR count). The summed E-state index contributed by atoms with van der Waals surface area (Å²) in [5.74, 6) is 0. The highest BCUT2D eigenvalue weighted by Crippen LogP contribution is 2.05. The fourth-order valence-electron chi connectivity index (χ4n) is 1.46. The number of nitrogens with two attached hydrogens (primary N) is 1. The summed E-state index contributed by atoms with van der Waals surface area (Å²) in [6.07, 6.45) is 1.70. The van der Waals surface area contributed by atoms with Crippen molar-refractivity contribution in [3.05, 3.63) is 29.6 Å². The number of hydrogen-bond donors (Lipinski definition) is 2. The van der Waals surface area contributed by atoms with Crippen molar-refractivity contribution in [2.75, 3.05) is 19.7 Å². The number of likely N-dealkylation sites (N-methyl/N-ethyl adjacent to an activating group) is 1. The van der Waals surface area contributed by atoms with Gasteiger partial charge < -0.3 is 10.8 Å². The molecule has 1 heterocycles. The average molecular weight is 239 g/mol. The Bertz CT molecular complexity index is 357. The quantitative estimate of drug-likeness (QED) is 0.709. The molecular weight excluding hydrogens is 222 g/mol. The van der Waals surface area contributed by atoms with Crippen LogP contribution < -0.4 is 5.73 Å². The minimum absolute atomic E-state index is 0.168. The molecule has 1 aromatic heterocycles. The molecule has 0 saturated heterocycles. The van der Waals surface area contributed by atoms with E-state index in [0.717, 1.165) is 18.7 Å². The van der Waals surface area contributed by atoms with Crippen LogP contribution in [-0.2, 0) is 6.54 Å². The van der Waals surface area contributed by atoms with Gasteiger partial charge in [0.15, 0.2) is 0 Å². The summed E-state index contributed by atoms with van der Waals surface area (Å²) >= 11 is 4.88. The Balaban J connectivity index is 2.72. The molecule has 0 aromatic carbocycles. The molecule has 88 valence electrons. The number of aromatic nitrogens is 1. The lowest BCUT2D eigenvalue weighted by molar-refractivity contribution is 0.197. The van der Waals surface area contributed by atoms with E-state index in [1.807, 2.05) is 12.1 Å². The summed E-state index contributed by atoms with van der Waals surface area (Å²) in [7, 11) is 0. The molecular formula is C11H17N3OS. The van der Waals surface area contributed by atoms with Gasteiger partial charge in [0, 0.05) is 19.3 Å². The van der Waals surface area contributed by atoms with Crippen LogP contribution in [0.3, 0.4) is 0 Å². The molecule has 5 heteroatoms. The zero-order valence-corrected chi connectivity index (χ0v) is 10.2. The topological polar surface area (TPSA) is 62.4 Å². The van der Waals surface area contributed by atoms with Crippen LogP contribution in [0.25, 0.3) is 0 Å². The van der Waals surface area contributed by atoms with Gasteiger partial charge >= 0.3 is 0 Å². The second-order valence-corrected chi connectivity index (χ2v) is 3.95. The number of thiocarbonyl (C=S) groups is 1.